The number of carbonyl (C=O) groups is 1. The Hall–Kier alpha value is -3.69. The maximum atomic E-state index is 12.7. The number of pyridine rings is 1. The summed E-state index contributed by atoms with van der Waals surface area (Å²) >= 11 is 0. The molecule has 0 radical (unpaired) electrons. The molecule has 10 heteroatoms. The van der Waals surface area contributed by atoms with E-state index in [0.29, 0.717) is 0 Å². The lowest BCUT2D eigenvalue weighted by atomic mass is 9.77. The van der Waals surface area contributed by atoms with E-state index < -0.39 is 16.8 Å². The normalized spacial score (nSPS) is 15.8. The average molecular weight is 481 g/mol. The van der Waals surface area contributed by atoms with Crippen molar-refractivity contribution in [1.29, 1.82) is 0 Å². The van der Waals surface area contributed by atoms with Gasteiger partial charge in [0.2, 0.25) is 0 Å². The third-order valence-corrected chi connectivity index (χ3v) is 7.03. The van der Waals surface area contributed by atoms with Crippen molar-refractivity contribution in [1.82, 2.24) is 19.7 Å². The molecule has 0 aliphatic heterocycles. The molecule has 1 saturated carbocycles. The molecule has 2 heterocycles. The first-order valence-corrected chi connectivity index (χ1v) is 11.9. The van der Waals surface area contributed by atoms with Crippen molar-refractivity contribution >= 4 is 23.0 Å². The molecular weight excluding hydrogens is 448 g/mol. The highest BCUT2D eigenvalue weighted by molar-refractivity contribution is 5.97. The Morgan fingerprint density at radius 2 is 1.89 bits per heavy atom. The van der Waals surface area contributed by atoms with Gasteiger partial charge in [-0.2, -0.15) is 5.10 Å². The number of anilines is 3. The standard InChI is InChI=1S/C25H32N6O4/c1-6-14-13-31(5)29-16(14)23(25(2)10-7-8-11-25)28-18-17(21(33)22(18)34)27-15-9-12-26-19(20(15)32)24(35)30(3)4/h9,12-13,23,28,32H,6-8,10-11H2,1-5H3,(H,26,27)/t23-/m0/s1. The third-order valence-electron chi connectivity index (χ3n) is 7.03. The molecule has 1 aromatic carbocycles. The van der Waals surface area contributed by atoms with Crippen molar-refractivity contribution in [2.45, 2.75) is 52.0 Å². The van der Waals surface area contributed by atoms with Crippen LogP contribution in [0.4, 0.5) is 17.1 Å². The van der Waals surface area contributed by atoms with Crippen LogP contribution in [0.5, 0.6) is 5.75 Å². The number of aromatic nitrogens is 3. The molecule has 10 nitrogen and oxygen atoms in total. The highest BCUT2D eigenvalue weighted by Gasteiger charge is 2.41. The van der Waals surface area contributed by atoms with Crippen LogP contribution in [0.15, 0.2) is 28.0 Å². The van der Waals surface area contributed by atoms with Gasteiger partial charge < -0.3 is 20.6 Å². The first kappa shape index (κ1) is 24.4. The topological polar surface area (TPSA) is 129 Å². The molecule has 1 atom stereocenters. The molecule has 0 unspecified atom stereocenters. The van der Waals surface area contributed by atoms with Crippen LogP contribution >= 0.6 is 0 Å². The number of rotatable bonds is 8. The van der Waals surface area contributed by atoms with Gasteiger partial charge in [0.1, 0.15) is 11.4 Å². The zero-order valence-electron chi connectivity index (χ0n) is 20.8. The van der Waals surface area contributed by atoms with E-state index in [4.69, 9.17) is 5.10 Å². The minimum absolute atomic E-state index is 0.0559. The van der Waals surface area contributed by atoms with Crippen LogP contribution in [0.3, 0.4) is 0 Å². The van der Waals surface area contributed by atoms with Gasteiger partial charge in [-0.15, -0.1) is 0 Å². The average Bonchev–Trinajstić information content (AvgIpc) is 3.44. The molecule has 1 aliphatic rings. The second-order valence-corrected chi connectivity index (χ2v) is 9.79. The molecule has 0 saturated heterocycles. The maximum absolute atomic E-state index is 12.7. The number of aromatic hydroxyl groups is 1. The van der Waals surface area contributed by atoms with Crippen molar-refractivity contribution in [3.05, 3.63) is 55.9 Å². The molecule has 1 fully saturated rings. The molecule has 186 valence electrons. The Balaban J connectivity index is 1.72. The molecule has 0 spiro atoms. The van der Waals surface area contributed by atoms with Gasteiger partial charge in [0.25, 0.3) is 16.8 Å². The van der Waals surface area contributed by atoms with E-state index in [0.717, 1.165) is 43.4 Å². The fourth-order valence-electron chi connectivity index (χ4n) is 4.97. The Morgan fingerprint density at radius 1 is 1.23 bits per heavy atom. The molecule has 1 amide bonds. The van der Waals surface area contributed by atoms with E-state index in [9.17, 15) is 19.5 Å². The molecule has 3 N–H and O–H groups in total. The summed E-state index contributed by atoms with van der Waals surface area (Å²) < 4.78 is 1.78. The smallest absolute Gasteiger partial charge is 0.275 e. The van der Waals surface area contributed by atoms with Crippen LogP contribution in [0.1, 0.15) is 67.3 Å². The summed E-state index contributed by atoms with van der Waals surface area (Å²) in [5.74, 6) is -0.867. The Morgan fingerprint density at radius 3 is 2.51 bits per heavy atom. The van der Waals surface area contributed by atoms with Crippen LogP contribution in [-0.4, -0.2) is 44.8 Å². The van der Waals surface area contributed by atoms with Crippen molar-refractivity contribution in [3.63, 3.8) is 0 Å². The predicted molar refractivity (Wildman–Crippen MR) is 134 cm³/mol. The Bertz CT molecular complexity index is 1330. The highest BCUT2D eigenvalue weighted by Crippen LogP contribution is 2.49. The molecule has 2 aromatic heterocycles. The number of hydrogen-bond donors (Lipinski definition) is 3. The number of nitrogens with one attached hydrogen (secondary N) is 2. The molecule has 35 heavy (non-hydrogen) atoms. The number of carbonyl (C=O) groups excluding carboxylic acids is 1. The van der Waals surface area contributed by atoms with Gasteiger partial charge in [-0.3, -0.25) is 19.1 Å². The van der Waals surface area contributed by atoms with Crippen LogP contribution in [0, 0.1) is 5.41 Å². The summed E-state index contributed by atoms with van der Waals surface area (Å²) in [5.41, 5.74) is 0.718. The second-order valence-electron chi connectivity index (χ2n) is 9.79. The second kappa shape index (κ2) is 9.16. The van der Waals surface area contributed by atoms with E-state index in [1.807, 2.05) is 13.2 Å². The van der Waals surface area contributed by atoms with E-state index in [-0.39, 0.29) is 40.0 Å². The van der Waals surface area contributed by atoms with Crippen LogP contribution in [-0.2, 0) is 13.5 Å². The van der Waals surface area contributed by atoms with Crippen LogP contribution in [0.25, 0.3) is 0 Å². The molecule has 4 rings (SSSR count). The SMILES string of the molecule is CCc1cn(C)nc1[C@H](Nc1c(Nc2ccnc(C(=O)N(C)C)c2O)c(=O)c1=O)C1(C)CCCC1. The van der Waals surface area contributed by atoms with Crippen molar-refractivity contribution < 1.29 is 9.90 Å². The summed E-state index contributed by atoms with van der Waals surface area (Å²) in [5, 5.41) is 21.6. The Kier molecular flexibility index (Phi) is 6.40. The van der Waals surface area contributed by atoms with Crippen molar-refractivity contribution in [2.75, 3.05) is 24.7 Å². The minimum Gasteiger partial charge on any atom is -0.504 e. The summed E-state index contributed by atoms with van der Waals surface area (Å²) in [4.78, 5) is 42.8. The molecular formula is C25H32N6O4. The first-order valence-electron chi connectivity index (χ1n) is 11.9. The van der Waals surface area contributed by atoms with E-state index in [1.54, 1.807) is 18.8 Å². The monoisotopic (exact) mass is 480 g/mol. The van der Waals surface area contributed by atoms with E-state index in [2.05, 4.69) is 29.5 Å². The van der Waals surface area contributed by atoms with Crippen LogP contribution in [0.2, 0.25) is 0 Å². The fourth-order valence-corrected chi connectivity index (χ4v) is 4.97. The molecule has 1 aliphatic carbocycles. The van der Waals surface area contributed by atoms with E-state index in [1.165, 1.54) is 17.2 Å². The third kappa shape index (κ3) is 4.28. The summed E-state index contributed by atoms with van der Waals surface area (Å²) in [6, 6.07) is 1.19. The van der Waals surface area contributed by atoms with Gasteiger partial charge in [-0.1, -0.05) is 26.7 Å². The quantitative estimate of drug-likeness (QED) is 0.420. The first-order chi connectivity index (χ1) is 16.6. The Labute approximate surface area is 203 Å². The largest absolute Gasteiger partial charge is 0.504 e. The number of nitrogens with zero attached hydrogens (tertiary/aromatic N) is 4. The van der Waals surface area contributed by atoms with Crippen molar-refractivity contribution in [2.24, 2.45) is 12.5 Å². The minimum atomic E-state index is -0.684. The van der Waals surface area contributed by atoms with E-state index >= 15 is 0 Å². The van der Waals surface area contributed by atoms with Gasteiger partial charge in [-0.05, 0) is 36.3 Å². The zero-order valence-corrected chi connectivity index (χ0v) is 20.8. The lowest BCUT2D eigenvalue weighted by Gasteiger charge is -2.35. The lowest BCUT2D eigenvalue weighted by Crippen LogP contribution is -2.40. The van der Waals surface area contributed by atoms with Gasteiger partial charge in [-0.25, -0.2) is 4.98 Å². The van der Waals surface area contributed by atoms with Gasteiger partial charge in [0.05, 0.1) is 17.4 Å². The van der Waals surface area contributed by atoms with Crippen LogP contribution < -0.4 is 21.5 Å². The number of hydrogen-bond acceptors (Lipinski definition) is 8. The summed E-state index contributed by atoms with van der Waals surface area (Å²) in [6.07, 6.45) is 8.28. The predicted octanol–water partition coefficient (Wildman–Crippen LogP) is 2.86. The highest BCUT2D eigenvalue weighted by atomic mass is 16.3. The zero-order chi connectivity index (χ0) is 25.5. The van der Waals surface area contributed by atoms with Crippen molar-refractivity contribution in [3.8, 4) is 5.75 Å². The maximum Gasteiger partial charge on any atom is 0.275 e. The lowest BCUT2D eigenvalue weighted by molar-refractivity contribution is 0.0819. The molecule has 3 aromatic rings. The molecule has 0 bridgehead atoms. The van der Waals surface area contributed by atoms with Gasteiger partial charge >= 0.3 is 0 Å². The number of aryl methyl sites for hydroxylation is 2. The van der Waals surface area contributed by atoms with Gasteiger partial charge in [0, 0.05) is 33.5 Å². The van der Waals surface area contributed by atoms with Gasteiger partial charge in [0.15, 0.2) is 11.4 Å². The number of amides is 1. The summed E-state index contributed by atoms with van der Waals surface area (Å²) in [6.45, 7) is 4.26. The fraction of sp³-hybridized carbons (Fsp3) is 0.480. The summed E-state index contributed by atoms with van der Waals surface area (Å²) in [7, 11) is 4.97.